The molecule has 0 aliphatic rings. The van der Waals surface area contributed by atoms with E-state index >= 15 is 0 Å². The van der Waals surface area contributed by atoms with Gasteiger partial charge in [-0.25, -0.2) is 4.79 Å². The van der Waals surface area contributed by atoms with Crippen LogP contribution in [0, 0.1) is 0 Å². The molecule has 1 amide bonds. The predicted molar refractivity (Wildman–Crippen MR) is 64.5 cm³/mol. The van der Waals surface area contributed by atoms with E-state index in [0.717, 1.165) is 6.20 Å². The summed E-state index contributed by atoms with van der Waals surface area (Å²) in [5.74, 6) is -1.58. The van der Waals surface area contributed by atoms with Crippen LogP contribution in [0.5, 0.6) is 0 Å². The van der Waals surface area contributed by atoms with Crippen LogP contribution in [0.2, 0.25) is 0 Å². The number of hydrogen-bond acceptors (Lipinski definition) is 4. The van der Waals surface area contributed by atoms with Gasteiger partial charge in [-0.15, -0.1) is 0 Å². The lowest BCUT2D eigenvalue weighted by Crippen LogP contribution is -2.30. The third kappa shape index (κ3) is 3.53. The normalized spacial score (nSPS) is 11.9. The van der Waals surface area contributed by atoms with Gasteiger partial charge in [0.25, 0.3) is 5.91 Å². The minimum absolute atomic E-state index is 0.102. The Labute approximate surface area is 105 Å². The van der Waals surface area contributed by atoms with Crippen LogP contribution in [0.1, 0.15) is 34.1 Å². The molecule has 1 heterocycles. The fraction of sp³-hybridized carbons (Fsp3) is 0.417. The zero-order valence-corrected chi connectivity index (χ0v) is 10.3. The quantitative estimate of drug-likeness (QED) is 0.801. The molecule has 2 N–H and O–H groups in total. The summed E-state index contributed by atoms with van der Waals surface area (Å²) in [6, 6.07) is 1.38. The number of carboxylic acids is 1. The van der Waals surface area contributed by atoms with Gasteiger partial charge in [0.1, 0.15) is 0 Å². The molecular weight excluding hydrogens is 236 g/mol. The highest BCUT2D eigenvalue weighted by Crippen LogP contribution is 2.10. The van der Waals surface area contributed by atoms with E-state index < -0.39 is 18.0 Å². The van der Waals surface area contributed by atoms with Crippen LogP contribution in [-0.4, -0.2) is 51.7 Å². The Morgan fingerprint density at radius 3 is 2.67 bits per heavy atom. The lowest BCUT2D eigenvalue weighted by Gasteiger charge is -2.18. The first-order valence-corrected chi connectivity index (χ1v) is 5.54. The van der Waals surface area contributed by atoms with Crippen molar-refractivity contribution in [2.24, 2.45) is 0 Å². The van der Waals surface area contributed by atoms with Gasteiger partial charge < -0.3 is 15.1 Å². The summed E-state index contributed by atoms with van der Waals surface area (Å²) in [6.07, 6.45) is 2.47. The molecule has 0 fully saturated rings. The molecule has 1 aromatic heterocycles. The fourth-order valence-electron chi connectivity index (χ4n) is 1.44. The van der Waals surface area contributed by atoms with Crippen molar-refractivity contribution in [2.75, 3.05) is 13.6 Å². The maximum absolute atomic E-state index is 12.0. The van der Waals surface area contributed by atoms with Crippen molar-refractivity contribution >= 4 is 11.9 Å². The minimum atomic E-state index is -1.18. The summed E-state index contributed by atoms with van der Waals surface area (Å²) in [4.78, 5) is 28.1. The number of rotatable bonds is 5. The fourth-order valence-corrected chi connectivity index (χ4v) is 1.44. The highest BCUT2D eigenvalue weighted by Gasteiger charge is 2.19. The largest absolute Gasteiger partial charge is 0.478 e. The summed E-state index contributed by atoms with van der Waals surface area (Å²) in [5.41, 5.74) is -0.0167. The molecule has 0 aliphatic heterocycles. The molecule has 6 nitrogen and oxygen atoms in total. The minimum Gasteiger partial charge on any atom is -0.478 e. The summed E-state index contributed by atoms with van der Waals surface area (Å²) in [7, 11) is 1.57. The molecule has 1 unspecified atom stereocenters. The molecule has 0 aliphatic carbocycles. The monoisotopic (exact) mass is 252 g/mol. The number of aliphatic hydroxyl groups excluding tert-OH is 1. The zero-order valence-electron chi connectivity index (χ0n) is 10.3. The molecule has 0 radical (unpaired) electrons. The highest BCUT2D eigenvalue weighted by atomic mass is 16.4. The number of amides is 1. The average Bonchev–Trinajstić information content (AvgIpc) is 2.34. The van der Waals surface area contributed by atoms with Gasteiger partial charge in [0.2, 0.25) is 0 Å². The van der Waals surface area contributed by atoms with Gasteiger partial charge in [-0.2, -0.15) is 0 Å². The average molecular weight is 252 g/mol. The van der Waals surface area contributed by atoms with Gasteiger partial charge in [-0.1, -0.05) is 0 Å². The number of carbonyl (C=O) groups excluding carboxylic acids is 1. The summed E-state index contributed by atoms with van der Waals surface area (Å²) in [6.45, 7) is 1.99. The van der Waals surface area contributed by atoms with Gasteiger partial charge in [-0.05, 0) is 19.4 Å². The van der Waals surface area contributed by atoms with Gasteiger partial charge in [0.15, 0.2) is 0 Å². The third-order valence-corrected chi connectivity index (χ3v) is 2.51. The topological polar surface area (TPSA) is 90.7 Å². The van der Waals surface area contributed by atoms with Gasteiger partial charge in [-0.3, -0.25) is 9.78 Å². The molecule has 0 bridgehead atoms. The van der Waals surface area contributed by atoms with E-state index in [1.807, 2.05) is 0 Å². The highest BCUT2D eigenvalue weighted by molar-refractivity contribution is 6.04. The van der Waals surface area contributed by atoms with Crippen LogP contribution in [0.3, 0.4) is 0 Å². The van der Waals surface area contributed by atoms with Crippen molar-refractivity contribution in [3.05, 3.63) is 29.6 Å². The van der Waals surface area contributed by atoms with Crippen molar-refractivity contribution < 1.29 is 19.8 Å². The number of nitrogens with zero attached hydrogens (tertiary/aromatic N) is 2. The molecule has 0 spiro atoms. The molecule has 0 saturated carbocycles. The van der Waals surface area contributed by atoms with E-state index in [2.05, 4.69) is 4.98 Å². The van der Waals surface area contributed by atoms with Crippen molar-refractivity contribution in [2.45, 2.75) is 19.4 Å². The number of pyridine rings is 1. The van der Waals surface area contributed by atoms with Gasteiger partial charge >= 0.3 is 5.97 Å². The zero-order chi connectivity index (χ0) is 13.7. The first-order valence-electron chi connectivity index (χ1n) is 5.54. The van der Waals surface area contributed by atoms with Crippen LogP contribution >= 0.6 is 0 Å². The Bertz CT molecular complexity index is 445. The first-order chi connectivity index (χ1) is 8.43. The molecule has 0 saturated heterocycles. The summed E-state index contributed by atoms with van der Waals surface area (Å²) in [5, 5.41) is 18.1. The van der Waals surface area contributed by atoms with Gasteiger partial charge in [0, 0.05) is 26.0 Å². The number of aromatic nitrogens is 1. The van der Waals surface area contributed by atoms with E-state index in [4.69, 9.17) is 10.2 Å². The number of aromatic carboxylic acids is 1. The maximum Gasteiger partial charge on any atom is 0.338 e. The van der Waals surface area contributed by atoms with E-state index in [0.29, 0.717) is 13.0 Å². The smallest absolute Gasteiger partial charge is 0.338 e. The van der Waals surface area contributed by atoms with Gasteiger partial charge in [0.05, 0.1) is 17.2 Å². The number of aliphatic hydroxyl groups is 1. The Kier molecular flexibility index (Phi) is 4.79. The lowest BCUT2D eigenvalue weighted by molar-refractivity contribution is 0.0676. The molecule has 1 atom stereocenters. The lowest BCUT2D eigenvalue weighted by atomic mass is 10.1. The standard InChI is InChI=1S/C12H16N2O4/c1-8(15)4-6-14(2)11(16)9-3-5-13-7-10(9)12(17)18/h3,5,7-8,15H,4,6H2,1-2H3,(H,17,18). The molecular formula is C12H16N2O4. The van der Waals surface area contributed by atoms with Crippen molar-refractivity contribution in [3.63, 3.8) is 0 Å². The maximum atomic E-state index is 12.0. The second kappa shape index (κ2) is 6.11. The molecule has 1 rings (SSSR count). The molecule has 6 heteroatoms. The van der Waals surface area contributed by atoms with Crippen molar-refractivity contribution in [3.8, 4) is 0 Å². The first kappa shape index (κ1) is 14.1. The second-order valence-corrected chi connectivity index (χ2v) is 4.09. The number of carbonyl (C=O) groups is 2. The number of hydrogen-bond donors (Lipinski definition) is 2. The molecule has 0 aromatic carbocycles. The molecule has 98 valence electrons. The van der Waals surface area contributed by atoms with Crippen LogP contribution < -0.4 is 0 Å². The Hall–Kier alpha value is -1.95. The second-order valence-electron chi connectivity index (χ2n) is 4.09. The van der Waals surface area contributed by atoms with E-state index in [9.17, 15) is 9.59 Å². The third-order valence-electron chi connectivity index (χ3n) is 2.51. The number of carboxylic acid groups (broad SMARTS) is 1. The van der Waals surface area contributed by atoms with E-state index in [-0.39, 0.29) is 11.1 Å². The van der Waals surface area contributed by atoms with Crippen LogP contribution in [0.4, 0.5) is 0 Å². The van der Waals surface area contributed by atoms with E-state index in [1.54, 1.807) is 14.0 Å². The molecule has 1 aromatic rings. The Balaban J connectivity index is 2.86. The van der Waals surface area contributed by atoms with Crippen LogP contribution in [0.25, 0.3) is 0 Å². The Morgan fingerprint density at radius 2 is 2.11 bits per heavy atom. The SMILES string of the molecule is CC(O)CCN(C)C(=O)c1ccncc1C(=O)O. The summed E-state index contributed by atoms with van der Waals surface area (Å²) >= 11 is 0. The van der Waals surface area contributed by atoms with Crippen LogP contribution in [-0.2, 0) is 0 Å². The van der Waals surface area contributed by atoms with E-state index in [1.165, 1.54) is 17.2 Å². The Morgan fingerprint density at radius 1 is 1.44 bits per heavy atom. The van der Waals surface area contributed by atoms with Crippen molar-refractivity contribution in [1.82, 2.24) is 9.88 Å². The van der Waals surface area contributed by atoms with Crippen molar-refractivity contribution in [1.29, 1.82) is 0 Å². The summed E-state index contributed by atoms with van der Waals surface area (Å²) < 4.78 is 0. The molecule has 18 heavy (non-hydrogen) atoms. The predicted octanol–water partition coefficient (Wildman–Crippen LogP) is 0.623. The van der Waals surface area contributed by atoms with Crippen LogP contribution in [0.15, 0.2) is 18.5 Å².